The third kappa shape index (κ3) is 3.52. The van der Waals surface area contributed by atoms with Crippen LogP contribution in [0.2, 0.25) is 5.02 Å². The van der Waals surface area contributed by atoms with E-state index in [9.17, 15) is 4.79 Å². The Morgan fingerprint density at radius 1 is 1.20 bits per heavy atom. The van der Waals surface area contributed by atoms with E-state index in [0.29, 0.717) is 29.2 Å². The van der Waals surface area contributed by atoms with E-state index in [2.05, 4.69) is 5.32 Å². The maximum absolute atomic E-state index is 12.0. The summed E-state index contributed by atoms with van der Waals surface area (Å²) >= 11 is 6.08. The molecule has 20 heavy (non-hydrogen) atoms. The van der Waals surface area contributed by atoms with Crippen LogP contribution in [0.5, 0.6) is 0 Å². The summed E-state index contributed by atoms with van der Waals surface area (Å²) in [4.78, 5) is 12.0. The van der Waals surface area contributed by atoms with Crippen LogP contribution >= 0.6 is 11.6 Å². The summed E-state index contributed by atoms with van der Waals surface area (Å²) in [5.41, 5.74) is 9.19. The van der Waals surface area contributed by atoms with Gasteiger partial charge in [-0.15, -0.1) is 0 Å². The molecule has 0 bridgehead atoms. The van der Waals surface area contributed by atoms with Crippen LogP contribution in [-0.4, -0.2) is 5.91 Å². The van der Waals surface area contributed by atoms with Crippen molar-refractivity contribution in [3.8, 4) is 0 Å². The van der Waals surface area contributed by atoms with Crippen molar-refractivity contribution in [2.24, 2.45) is 0 Å². The smallest absolute Gasteiger partial charge is 0.224 e. The molecule has 0 heterocycles. The number of amides is 1. The number of aryl methyl sites for hydroxylation is 2. The van der Waals surface area contributed by atoms with Crippen molar-refractivity contribution in [3.05, 3.63) is 58.6 Å². The minimum atomic E-state index is -0.0653. The van der Waals surface area contributed by atoms with Crippen LogP contribution in [0.3, 0.4) is 0 Å². The molecule has 0 aliphatic heterocycles. The number of benzene rings is 2. The molecular formula is C16H17ClN2O. The number of rotatable bonds is 4. The van der Waals surface area contributed by atoms with Crippen LogP contribution in [0.4, 0.5) is 11.4 Å². The average Bonchev–Trinajstić information content (AvgIpc) is 2.42. The monoisotopic (exact) mass is 288 g/mol. The van der Waals surface area contributed by atoms with Gasteiger partial charge in [0.05, 0.1) is 10.7 Å². The van der Waals surface area contributed by atoms with Gasteiger partial charge in [-0.2, -0.15) is 0 Å². The first-order valence-electron chi connectivity index (χ1n) is 6.46. The zero-order valence-corrected chi connectivity index (χ0v) is 12.1. The third-order valence-corrected chi connectivity index (χ3v) is 3.48. The van der Waals surface area contributed by atoms with Crippen molar-refractivity contribution in [2.75, 3.05) is 11.1 Å². The number of hydrogen-bond donors (Lipinski definition) is 2. The van der Waals surface area contributed by atoms with E-state index in [1.165, 1.54) is 0 Å². The first kappa shape index (κ1) is 14.4. The number of nitrogens with one attached hydrogen (secondary N) is 1. The Morgan fingerprint density at radius 3 is 2.65 bits per heavy atom. The minimum Gasteiger partial charge on any atom is -0.399 e. The summed E-state index contributed by atoms with van der Waals surface area (Å²) < 4.78 is 0. The molecule has 0 aliphatic carbocycles. The molecule has 0 saturated heterocycles. The first-order valence-corrected chi connectivity index (χ1v) is 6.84. The number of para-hydroxylation sites is 2. The van der Waals surface area contributed by atoms with Crippen LogP contribution < -0.4 is 11.1 Å². The maximum atomic E-state index is 12.0. The Labute approximate surface area is 123 Å². The van der Waals surface area contributed by atoms with E-state index >= 15 is 0 Å². The van der Waals surface area contributed by atoms with Crippen LogP contribution in [-0.2, 0) is 11.2 Å². The average molecular weight is 289 g/mol. The summed E-state index contributed by atoms with van der Waals surface area (Å²) in [6.07, 6.45) is 0.987. The Kier molecular flexibility index (Phi) is 4.64. The lowest BCUT2D eigenvalue weighted by Gasteiger charge is -2.10. The van der Waals surface area contributed by atoms with Gasteiger partial charge in [-0.05, 0) is 36.6 Å². The summed E-state index contributed by atoms with van der Waals surface area (Å²) in [5.74, 6) is -0.0653. The van der Waals surface area contributed by atoms with Crippen molar-refractivity contribution in [2.45, 2.75) is 19.8 Å². The lowest BCUT2D eigenvalue weighted by atomic mass is 10.1. The summed E-state index contributed by atoms with van der Waals surface area (Å²) in [6.45, 7) is 1.91. The highest BCUT2D eigenvalue weighted by Crippen LogP contribution is 2.25. The summed E-state index contributed by atoms with van der Waals surface area (Å²) in [7, 11) is 0. The first-order chi connectivity index (χ1) is 9.58. The van der Waals surface area contributed by atoms with Crippen molar-refractivity contribution >= 4 is 28.9 Å². The van der Waals surface area contributed by atoms with Gasteiger partial charge in [-0.1, -0.05) is 41.9 Å². The SMILES string of the molecule is Cc1cccc(Cl)c1NC(=O)CCc1ccccc1N. The van der Waals surface area contributed by atoms with Gasteiger partial charge in [0.2, 0.25) is 5.91 Å². The number of nitrogens with two attached hydrogens (primary N) is 1. The van der Waals surface area contributed by atoms with E-state index in [1.54, 1.807) is 6.07 Å². The molecule has 0 atom stereocenters. The molecule has 0 aromatic heterocycles. The van der Waals surface area contributed by atoms with Crippen LogP contribution in [0.25, 0.3) is 0 Å². The molecule has 0 spiro atoms. The molecule has 104 valence electrons. The van der Waals surface area contributed by atoms with Crippen LogP contribution in [0.15, 0.2) is 42.5 Å². The molecule has 4 heteroatoms. The quantitative estimate of drug-likeness (QED) is 0.841. The maximum Gasteiger partial charge on any atom is 0.224 e. The minimum absolute atomic E-state index is 0.0653. The number of carbonyl (C=O) groups is 1. The number of nitrogen functional groups attached to an aromatic ring is 1. The fraction of sp³-hybridized carbons (Fsp3) is 0.188. The van der Waals surface area contributed by atoms with Crippen LogP contribution in [0, 0.1) is 6.92 Å². The molecule has 0 unspecified atom stereocenters. The highest BCUT2D eigenvalue weighted by atomic mass is 35.5. The van der Waals surface area contributed by atoms with Gasteiger partial charge < -0.3 is 11.1 Å². The Balaban J connectivity index is 1.98. The zero-order chi connectivity index (χ0) is 14.5. The molecule has 3 nitrogen and oxygen atoms in total. The predicted octanol–water partition coefficient (Wildman–Crippen LogP) is 3.80. The van der Waals surface area contributed by atoms with Gasteiger partial charge in [0, 0.05) is 12.1 Å². The lowest BCUT2D eigenvalue weighted by Crippen LogP contribution is -2.14. The van der Waals surface area contributed by atoms with Gasteiger partial charge in [0.15, 0.2) is 0 Å². The van der Waals surface area contributed by atoms with Gasteiger partial charge in [0.1, 0.15) is 0 Å². The van der Waals surface area contributed by atoms with E-state index in [4.69, 9.17) is 17.3 Å². The highest BCUT2D eigenvalue weighted by molar-refractivity contribution is 6.33. The number of halogens is 1. The van der Waals surface area contributed by atoms with E-state index < -0.39 is 0 Å². The van der Waals surface area contributed by atoms with Crippen LogP contribution in [0.1, 0.15) is 17.5 Å². The summed E-state index contributed by atoms with van der Waals surface area (Å²) in [5, 5.41) is 3.41. The highest BCUT2D eigenvalue weighted by Gasteiger charge is 2.09. The fourth-order valence-corrected chi connectivity index (χ4v) is 2.27. The number of carbonyl (C=O) groups excluding carboxylic acids is 1. The molecule has 2 aromatic rings. The molecule has 1 amide bonds. The number of anilines is 2. The molecule has 3 N–H and O–H groups in total. The number of hydrogen-bond acceptors (Lipinski definition) is 2. The second-order valence-electron chi connectivity index (χ2n) is 4.68. The van der Waals surface area contributed by atoms with Gasteiger partial charge in [-0.25, -0.2) is 0 Å². The molecule has 0 radical (unpaired) electrons. The fourth-order valence-electron chi connectivity index (χ4n) is 2.00. The molecule has 0 aliphatic rings. The van der Waals surface area contributed by atoms with E-state index in [0.717, 1.165) is 11.1 Å². The molecule has 2 aromatic carbocycles. The van der Waals surface area contributed by atoms with Crippen molar-refractivity contribution in [1.82, 2.24) is 0 Å². The van der Waals surface area contributed by atoms with Gasteiger partial charge in [-0.3, -0.25) is 4.79 Å². The Morgan fingerprint density at radius 2 is 1.95 bits per heavy atom. The molecule has 0 saturated carbocycles. The topological polar surface area (TPSA) is 55.1 Å². The standard InChI is InChI=1S/C16H17ClN2O/c1-11-5-4-7-13(17)16(11)19-15(20)10-9-12-6-2-3-8-14(12)18/h2-8H,9-10,18H2,1H3,(H,19,20). The molecule has 2 rings (SSSR count). The third-order valence-electron chi connectivity index (χ3n) is 3.16. The summed E-state index contributed by atoms with van der Waals surface area (Å²) in [6, 6.07) is 13.1. The van der Waals surface area contributed by atoms with Crippen molar-refractivity contribution in [3.63, 3.8) is 0 Å². The van der Waals surface area contributed by atoms with Crippen molar-refractivity contribution < 1.29 is 4.79 Å². The molecule has 0 fully saturated rings. The Bertz CT molecular complexity index is 605. The second kappa shape index (κ2) is 6.44. The van der Waals surface area contributed by atoms with E-state index in [1.807, 2.05) is 43.3 Å². The van der Waals surface area contributed by atoms with Gasteiger partial charge in [0.25, 0.3) is 0 Å². The largest absolute Gasteiger partial charge is 0.399 e. The predicted molar refractivity (Wildman–Crippen MR) is 84.0 cm³/mol. The Hall–Kier alpha value is -2.00. The van der Waals surface area contributed by atoms with Crippen molar-refractivity contribution in [1.29, 1.82) is 0 Å². The van der Waals surface area contributed by atoms with E-state index in [-0.39, 0.29) is 5.91 Å². The molecular weight excluding hydrogens is 272 g/mol. The zero-order valence-electron chi connectivity index (χ0n) is 11.3. The lowest BCUT2D eigenvalue weighted by molar-refractivity contribution is -0.116. The van der Waals surface area contributed by atoms with Gasteiger partial charge >= 0.3 is 0 Å². The normalized spacial score (nSPS) is 10.3. The second-order valence-corrected chi connectivity index (χ2v) is 5.09.